The minimum Gasteiger partial charge on any atom is -0.381 e. The van der Waals surface area contributed by atoms with E-state index in [4.69, 9.17) is 4.74 Å². The number of rotatable bonds is 11. The van der Waals surface area contributed by atoms with Gasteiger partial charge in [0.25, 0.3) is 0 Å². The second-order valence-electron chi connectivity index (χ2n) is 4.92. The zero-order valence-corrected chi connectivity index (χ0v) is 11.1. The van der Waals surface area contributed by atoms with Crippen LogP contribution in [0.2, 0.25) is 0 Å². The van der Waals surface area contributed by atoms with Crippen LogP contribution in [0.1, 0.15) is 72.1 Å². The molecule has 1 heteroatoms. The lowest BCUT2D eigenvalue weighted by atomic mass is 10.1. The van der Waals surface area contributed by atoms with Gasteiger partial charge in [-0.25, -0.2) is 0 Å². The van der Waals surface area contributed by atoms with Crippen LogP contribution in [0.4, 0.5) is 0 Å². The lowest BCUT2D eigenvalue weighted by Crippen LogP contribution is -1.97. The fourth-order valence-corrected chi connectivity index (χ4v) is 1.67. The van der Waals surface area contributed by atoms with Gasteiger partial charge in [0.15, 0.2) is 0 Å². The van der Waals surface area contributed by atoms with E-state index in [2.05, 4.69) is 20.8 Å². The van der Waals surface area contributed by atoms with Crippen LogP contribution in [0.15, 0.2) is 0 Å². The van der Waals surface area contributed by atoms with Crippen LogP contribution >= 0.6 is 0 Å². The molecule has 0 aliphatic carbocycles. The molecule has 0 bridgehead atoms. The van der Waals surface area contributed by atoms with Crippen LogP contribution in [-0.4, -0.2) is 13.2 Å². The van der Waals surface area contributed by atoms with E-state index in [9.17, 15) is 0 Å². The molecule has 0 amide bonds. The third kappa shape index (κ3) is 14.0. The average molecular weight is 214 g/mol. The molecule has 0 aromatic heterocycles. The Kier molecular flexibility index (Phi) is 12.0. The fourth-order valence-electron chi connectivity index (χ4n) is 1.67. The molecule has 1 nitrogen and oxygen atoms in total. The van der Waals surface area contributed by atoms with E-state index in [0.717, 1.165) is 19.1 Å². The molecular weight excluding hydrogens is 184 g/mol. The molecule has 0 rings (SSSR count). The summed E-state index contributed by atoms with van der Waals surface area (Å²) < 4.78 is 5.59. The van der Waals surface area contributed by atoms with Crippen molar-refractivity contribution in [1.82, 2.24) is 0 Å². The Hall–Kier alpha value is -0.0400. The Bertz CT molecular complexity index is 110. The average Bonchev–Trinajstić information content (AvgIpc) is 2.20. The molecule has 0 N–H and O–H groups in total. The second-order valence-corrected chi connectivity index (χ2v) is 4.92. The highest BCUT2D eigenvalue weighted by Crippen LogP contribution is 2.08. The highest BCUT2D eigenvalue weighted by Gasteiger charge is 1.94. The molecule has 0 unspecified atom stereocenters. The summed E-state index contributed by atoms with van der Waals surface area (Å²) in [7, 11) is 0. The molecular formula is C14H30O. The predicted molar refractivity (Wildman–Crippen MR) is 68.3 cm³/mol. The highest BCUT2D eigenvalue weighted by molar-refractivity contribution is 4.47. The van der Waals surface area contributed by atoms with Gasteiger partial charge in [-0.05, 0) is 18.8 Å². The SMILES string of the molecule is CCCCCCOCCCCCC(C)C. The molecule has 0 aliphatic heterocycles. The van der Waals surface area contributed by atoms with Gasteiger partial charge in [0.05, 0.1) is 0 Å². The van der Waals surface area contributed by atoms with Crippen LogP contribution in [0.3, 0.4) is 0 Å². The van der Waals surface area contributed by atoms with Crippen molar-refractivity contribution in [3.05, 3.63) is 0 Å². The molecule has 15 heavy (non-hydrogen) atoms. The van der Waals surface area contributed by atoms with Crippen LogP contribution < -0.4 is 0 Å². The van der Waals surface area contributed by atoms with Gasteiger partial charge in [-0.3, -0.25) is 0 Å². The van der Waals surface area contributed by atoms with Gasteiger partial charge >= 0.3 is 0 Å². The largest absolute Gasteiger partial charge is 0.381 e. The van der Waals surface area contributed by atoms with Crippen LogP contribution in [0, 0.1) is 5.92 Å². The third-order valence-electron chi connectivity index (χ3n) is 2.71. The van der Waals surface area contributed by atoms with Crippen LogP contribution in [-0.2, 0) is 4.74 Å². The van der Waals surface area contributed by atoms with Crippen molar-refractivity contribution in [2.45, 2.75) is 72.1 Å². The van der Waals surface area contributed by atoms with Crippen molar-refractivity contribution >= 4 is 0 Å². The third-order valence-corrected chi connectivity index (χ3v) is 2.71. The first-order chi connectivity index (χ1) is 7.27. The standard InChI is InChI=1S/C14H30O/c1-4-5-6-9-12-15-13-10-7-8-11-14(2)3/h14H,4-13H2,1-3H3. The smallest absolute Gasteiger partial charge is 0.0466 e. The van der Waals surface area contributed by atoms with Crippen molar-refractivity contribution in [3.63, 3.8) is 0 Å². The van der Waals surface area contributed by atoms with E-state index < -0.39 is 0 Å². The molecule has 0 saturated carbocycles. The van der Waals surface area contributed by atoms with Gasteiger partial charge in [-0.15, -0.1) is 0 Å². The summed E-state index contributed by atoms with van der Waals surface area (Å²) in [6.45, 7) is 8.79. The maximum atomic E-state index is 5.59. The summed E-state index contributed by atoms with van der Waals surface area (Å²) in [5.74, 6) is 0.861. The first-order valence-corrected chi connectivity index (χ1v) is 6.85. The molecule has 0 saturated heterocycles. The van der Waals surface area contributed by atoms with E-state index in [1.54, 1.807) is 0 Å². The van der Waals surface area contributed by atoms with Crippen molar-refractivity contribution in [2.75, 3.05) is 13.2 Å². The first kappa shape index (κ1) is 15.0. The van der Waals surface area contributed by atoms with Crippen LogP contribution in [0.5, 0.6) is 0 Å². The number of unbranched alkanes of at least 4 members (excludes halogenated alkanes) is 5. The topological polar surface area (TPSA) is 9.23 Å². The molecule has 0 fully saturated rings. The summed E-state index contributed by atoms with van der Waals surface area (Å²) in [6.07, 6.45) is 10.6. The van der Waals surface area contributed by atoms with Gasteiger partial charge in [-0.1, -0.05) is 59.3 Å². The van der Waals surface area contributed by atoms with Crippen molar-refractivity contribution in [3.8, 4) is 0 Å². The number of hydrogen-bond acceptors (Lipinski definition) is 1. The quantitative estimate of drug-likeness (QED) is 0.449. The Morgan fingerprint density at radius 1 is 0.800 bits per heavy atom. The highest BCUT2D eigenvalue weighted by atomic mass is 16.5. The normalized spacial score (nSPS) is 11.2. The summed E-state index contributed by atoms with van der Waals surface area (Å²) in [4.78, 5) is 0. The number of hydrogen-bond donors (Lipinski definition) is 0. The molecule has 0 aromatic carbocycles. The lowest BCUT2D eigenvalue weighted by molar-refractivity contribution is 0.125. The monoisotopic (exact) mass is 214 g/mol. The van der Waals surface area contributed by atoms with Gasteiger partial charge in [-0.2, -0.15) is 0 Å². The Labute approximate surface area is 96.6 Å². The zero-order chi connectivity index (χ0) is 11.4. The number of ether oxygens (including phenoxy) is 1. The van der Waals surface area contributed by atoms with E-state index in [0.29, 0.717) is 0 Å². The second kappa shape index (κ2) is 12.0. The lowest BCUT2D eigenvalue weighted by Gasteiger charge is -2.05. The Morgan fingerprint density at radius 3 is 1.93 bits per heavy atom. The Morgan fingerprint density at radius 2 is 1.40 bits per heavy atom. The molecule has 0 spiro atoms. The zero-order valence-electron chi connectivity index (χ0n) is 11.1. The molecule has 92 valence electrons. The molecule has 0 atom stereocenters. The molecule has 0 heterocycles. The minimum atomic E-state index is 0.861. The van der Waals surface area contributed by atoms with E-state index >= 15 is 0 Å². The summed E-state index contributed by atoms with van der Waals surface area (Å²) in [5, 5.41) is 0. The van der Waals surface area contributed by atoms with E-state index in [1.165, 1.54) is 51.4 Å². The molecule has 0 aliphatic rings. The molecule has 0 radical (unpaired) electrons. The maximum absolute atomic E-state index is 5.59. The van der Waals surface area contributed by atoms with Crippen LogP contribution in [0.25, 0.3) is 0 Å². The van der Waals surface area contributed by atoms with E-state index in [1.807, 2.05) is 0 Å². The minimum absolute atomic E-state index is 0.861. The maximum Gasteiger partial charge on any atom is 0.0466 e. The van der Waals surface area contributed by atoms with E-state index in [-0.39, 0.29) is 0 Å². The van der Waals surface area contributed by atoms with Crippen molar-refractivity contribution < 1.29 is 4.74 Å². The van der Waals surface area contributed by atoms with Crippen molar-refractivity contribution in [2.24, 2.45) is 5.92 Å². The fraction of sp³-hybridized carbons (Fsp3) is 1.00. The first-order valence-electron chi connectivity index (χ1n) is 6.85. The molecule has 0 aromatic rings. The van der Waals surface area contributed by atoms with Crippen molar-refractivity contribution in [1.29, 1.82) is 0 Å². The van der Waals surface area contributed by atoms with Gasteiger partial charge < -0.3 is 4.74 Å². The summed E-state index contributed by atoms with van der Waals surface area (Å²) in [6, 6.07) is 0. The van der Waals surface area contributed by atoms with Gasteiger partial charge in [0.2, 0.25) is 0 Å². The summed E-state index contributed by atoms with van der Waals surface area (Å²) >= 11 is 0. The van der Waals surface area contributed by atoms with Gasteiger partial charge in [0.1, 0.15) is 0 Å². The van der Waals surface area contributed by atoms with Gasteiger partial charge in [0, 0.05) is 13.2 Å². The summed E-state index contributed by atoms with van der Waals surface area (Å²) in [5.41, 5.74) is 0. The Balaban J connectivity index is 2.87. The predicted octanol–water partition coefficient (Wildman–Crippen LogP) is 4.80.